The molecule has 2 aromatic carbocycles. The van der Waals surface area contributed by atoms with E-state index in [1.165, 1.54) is 0 Å². The van der Waals surface area contributed by atoms with Crippen molar-refractivity contribution in [1.29, 1.82) is 0 Å². The van der Waals surface area contributed by atoms with Gasteiger partial charge in [0.25, 0.3) is 5.91 Å². The summed E-state index contributed by atoms with van der Waals surface area (Å²) in [5.74, 6) is -0.123. The lowest BCUT2D eigenvalue weighted by atomic mass is 10.2. The number of carbonyl (C=O) groups excluding carboxylic acids is 1. The van der Waals surface area contributed by atoms with E-state index in [9.17, 15) is 4.79 Å². The molecule has 0 saturated heterocycles. The Labute approximate surface area is 119 Å². The van der Waals surface area contributed by atoms with Crippen LogP contribution in [0.15, 0.2) is 53.0 Å². The molecule has 0 radical (unpaired) electrons. The highest BCUT2D eigenvalue weighted by Gasteiger charge is 2.09. The number of hydrogen-bond donors (Lipinski definition) is 1. The Balaban J connectivity index is 2.04. The fraction of sp³-hybridized carbons (Fsp3) is 0.0714. The average Bonchev–Trinajstić information content (AvgIpc) is 2.37. The summed E-state index contributed by atoms with van der Waals surface area (Å²) in [4.78, 5) is 12.0. The molecule has 0 aliphatic heterocycles. The minimum atomic E-state index is -0.123. The van der Waals surface area contributed by atoms with Gasteiger partial charge in [0.05, 0.1) is 5.56 Å². The molecule has 0 unspecified atom stereocenters. The van der Waals surface area contributed by atoms with E-state index in [2.05, 4.69) is 21.2 Å². The maximum Gasteiger partial charge on any atom is 0.252 e. The van der Waals surface area contributed by atoms with Crippen LogP contribution in [-0.4, -0.2) is 5.91 Å². The Morgan fingerprint density at radius 3 is 2.56 bits per heavy atom. The van der Waals surface area contributed by atoms with E-state index in [-0.39, 0.29) is 5.91 Å². The molecule has 2 rings (SSSR count). The topological polar surface area (TPSA) is 29.1 Å². The summed E-state index contributed by atoms with van der Waals surface area (Å²) >= 11 is 9.16. The van der Waals surface area contributed by atoms with E-state index in [0.29, 0.717) is 21.6 Å². The quantitative estimate of drug-likeness (QED) is 0.907. The maximum atomic E-state index is 12.0. The largest absolute Gasteiger partial charge is 0.348 e. The zero-order valence-electron chi connectivity index (χ0n) is 9.49. The van der Waals surface area contributed by atoms with Gasteiger partial charge in [-0.3, -0.25) is 4.79 Å². The van der Waals surface area contributed by atoms with Crippen LogP contribution in [0.1, 0.15) is 15.9 Å². The Kier molecular flexibility index (Phi) is 4.39. The van der Waals surface area contributed by atoms with Crippen molar-refractivity contribution in [3.8, 4) is 0 Å². The summed E-state index contributed by atoms with van der Waals surface area (Å²) in [5.41, 5.74) is 1.64. The molecule has 0 aliphatic rings. The lowest BCUT2D eigenvalue weighted by molar-refractivity contribution is 0.0950. The van der Waals surface area contributed by atoms with Crippen LogP contribution in [0.4, 0.5) is 0 Å². The van der Waals surface area contributed by atoms with Crippen LogP contribution < -0.4 is 5.32 Å². The van der Waals surface area contributed by atoms with E-state index < -0.39 is 0 Å². The summed E-state index contributed by atoms with van der Waals surface area (Å²) in [7, 11) is 0. The zero-order chi connectivity index (χ0) is 13.0. The molecule has 1 N–H and O–H groups in total. The molecule has 18 heavy (non-hydrogen) atoms. The van der Waals surface area contributed by atoms with Gasteiger partial charge in [0.15, 0.2) is 0 Å². The van der Waals surface area contributed by atoms with E-state index in [1.54, 1.807) is 18.2 Å². The van der Waals surface area contributed by atoms with Crippen molar-refractivity contribution >= 4 is 33.4 Å². The molecular weight excluding hydrogens is 314 g/mol. The summed E-state index contributed by atoms with van der Waals surface area (Å²) in [5, 5.41) is 3.46. The normalized spacial score (nSPS) is 10.1. The second-order valence-corrected chi connectivity index (χ2v) is 5.08. The SMILES string of the molecule is O=C(NCc1ccccc1)c1ccc(Cl)cc1Br. The van der Waals surface area contributed by atoms with Crippen LogP contribution in [0.5, 0.6) is 0 Å². The molecule has 0 atom stereocenters. The van der Waals surface area contributed by atoms with Crippen molar-refractivity contribution in [1.82, 2.24) is 5.32 Å². The minimum Gasteiger partial charge on any atom is -0.348 e. The van der Waals surface area contributed by atoms with Crippen molar-refractivity contribution in [3.63, 3.8) is 0 Å². The average molecular weight is 325 g/mol. The molecule has 0 bridgehead atoms. The van der Waals surface area contributed by atoms with Gasteiger partial charge in [-0.2, -0.15) is 0 Å². The number of rotatable bonds is 3. The number of halogens is 2. The van der Waals surface area contributed by atoms with Crippen molar-refractivity contribution < 1.29 is 4.79 Å². The molecule has 0 fully saturated rings. The number of benzene rings is 2. The van der Waals surface area contributed by atoms with Crippen LogP contribution in [0.3, 0.4) is 0 Å². The summed E-state index contributed by atoms with van der Waals surface area (Å²) in [6, 6.07) is 14.9. The standard InChI is InChI=1S/C14H11BrClNO/c15-13-8-11(16)6-7-12(13)14(18)17-9-10-4-2-1-3-5-10/h1-8H,9H2,(H,17,18). The van der Waals surface area contributed by atoms with Gasteiger partial charge in [-0.25, -0.2) is 0 Å². The van der Waals surface area contributed by atoms with Crippen molar-refractivity contribution in [3.05, 3.63) is 69.2 Å². The minimum absolute atomic E-state index is 0.123. The molecule has 4 heteroatoms. The van der Waals surface area contributed by atoms with Gasteiger partial charge in [-0.15, -0.1) is 0 Å². The number of nitrogens with one attached hydrogen (secondary N) is 1. The molecule has 92 valence electrons. The first-order chi connectivity index (χ1) is 8.66. The van der Waals surface area contributed by atoms with Crippen LogP contribution >= 0.6 is 27.5 Å². The predicted molar refractivity (Wildman–Crippen MR) is 76.8 cm³/mol. The van der Waals surface area contributed by atoms with Gasteiger partial charge in [0.2, 0.25) is 0 Å². The molecule has 2 aromatic rings. The first-order valence-electron chi connectivity index (χ1n) is 5.44. The molecule has 0 spiro atoms. The number of hydrogen-bond acceptors (Lipinski definition) is 1. The maximum absolute atomic E-state index is 12.0. The van der Waals surface area contributed by atoms with Gasteiger partial charge in [0, 0.05) is 16.0 Å². The second kappa shape index (κ2) is 6.03. The molecule has 0 aliphatic carbocycles. The van der Waals surface area contributed by atoms with E-state index in [0.717, 1.165) is 5.56 Å². The predicted octanol–water partition coefficient (Wildman–Crippen LogP) is 4.03. The molecule has 0 aromatic heterocycles. The van der Waals surface area contributed by atoms with Gasteiger partial charge >= 0.3 is 0 Å². The Morgan fingerprint density at radius 1 is 1.17 bits per heavy atom. The lowest BCUT2D eigenvalue weighted by Crippen LogP contribution is -2.23. The molecule has 2 nitrogen and oxygen atoms in total. The Bertz CT molecular complexity index is 557. The van der Waals surface area contributed by atoms with E-state index in [1.807, 2.05) is 30.3 Å². The third-order valence-corrected chi connectivity index (χ3v) is 3.36. The highest BCUT2D eigenvalue weighted by molar-refractivity contribution is 9.10. The molecular formula is C14H11BrClNO. The summed E-state index contributed by atoms with van der Waals surface area (Å²) in [6.07, 6.45) is 0. The van der Waals surface area contributed by atoms with Crippen molar-refractivity contribution in [2.75, 3.05) is 0 Å². The summed E-state index contributed by atoms with van der Waals surface area (Å²) < 4.78 is 0.695. The lowest BCUT2D eigenvalue weighted by Gasteiger charge is -2.07. The first kappa shape index (κ1) is 13.1. The van der Waals surface area contributed by atoms with Crippen molar-refractivity contribution in [2.24, 2.45) is 0 Å². The van der Waals surface area contributed by atoms with E-state index >= 15 is 0 Å². The monoisotopic (exact) mass is 323 g/mol. The Hall–Kier alpha value is -1.32. The smallest absolute Gasteiger partial charge is 0.252 e. The van der Waals surface area contributed by atoms with Crippen LogP contribution in [-0.2, 0) is 6.54 Å². The van der Waals surface area contributed by atoms with Crippen LogP contribution in [0, 0.1) is 0 Å². The second-order valence-electron chi connectivity index (χ2n) is 3.79. The highest BCUT2D eigenvalue weighted by atomic mass is 79.9. The fourth-order valence-electron chi connectivity index (χ4n) is 1.55. The van der Waals surface area contributed by atoms with Gasteiger partial charge in [-0.05, 0) is 39.7 Å². The number of carbonyl (C=O) groups is 1. The molecule has 1 amide bonds. The van der Waals surface area contributed by atoms with Gasteiger partial charge < -0.3 is 5.32 Å². The molecule has 0 heterocycles. The summed E-state index contributed by atoms with van der Waals surface area (Å²) in [6.45, 7) is 0.509. The Morgan fingerprint density at radius 2 is 1.89 bits per heavy atom. The van der Waals surface area contributed by atoms with Gasteiger partial charge in [0.1, 0.15) is 0 Å². The third kappa shape index (κ3) is 3.34. The number of amides is 1. The first-order valence-corrected chi connectivity index (χ1v) is 6.61. The third-order valence-electron chi connectivity index (χ3n) is 2.47. The van der Waals surface area contributed by atoms with Crippen molar-refractivity contribution in [2.45, 2.75) is 6.54 Å². The fourth-order valence-corrected chi connectivity index (χ4v) is 2.41. The van der Waals surface area contributed by atoms with E-state index in [4.69, 9.17) is 11.6 Å². The highest BCUT2D eigenvalue weighted by Crippen LogP contribution is 2.21. The molecule has 0 saturated carbocycles. The van der Waals surface area contributed by atoms with Gasteiger partial charge in [-0.1, -0.05) is 41.9 Å². The zero-order valence-corrected chi connectivity index (χ0v) is 11.8. The van der Waals surface area contributed by atoms with Crippen LogP contribution in [0.25, 0.3) is 0 Å². The van der Waals surface area contributed by atoms with Crippen LogP contribution in [0.2, 0.25) is 5.02 Å².